The van der Waals surface area contributed by atoms with Crippen molar-refractivity contribution in [2.24, 2.45) is 11.7 Å². The molecule has 0 aliphatic carbocycles. The topological polar surface area (TPSA) is 59.2 Å². The van der Waals surface area contributed by atoms with Gasteiger partial charge in [-0.1, -0.05) is 37.6 Å². The lowest BCUT2D eigenvalue weighted by Gasteiger charge is -2.36. The Bertz CT molecular complexity index is 655. The van der Waals surface area contributed by atoms with Crippen molar-refractivity contribution < 1.29 is 4.79 Å². The predicted molar refractivity (Wildman–Crippen MR) is 84.0 cm³/mol. The first-order chi connectivity index (χ1) is 10.2. The highest BCUT2D eigenvalue weighted by molar-refractivity contribution is 5.95. The highest BCUT2D eigenvalue weighted by Crippen LogP contribution is 2.21. The van der Waals surface area contributed by atoms with Crippen LogP contribution < -0.4 is 5.73 Å². The van der Waals surface area contributed by atoms with Crippen LogP contribution >= 0.6 is 0 Å². The van der Waals surface area contributed by atoms with Crippen LogP contribution in [0.4, 0.5) is 0 Å². The minimum atomic E-state index is 0.0195. The Morgan fingerprint density at radius 3 is 2.95 bits per heavy atom. The summed E-state index contributed by atoms with van der Waals surface area (Å²) in [7, 11) is 0. The number of rotatable bonds is 2. The minimum Gasteiger partial charge on any atom is -0.337 e. The first-order valence-corrected chi connectivity index (χ1v) is 7.59. The number of piperidine rings is 1. The van der Waals surface area contributed by atoms with Crippen molar-refractivity contribution in [3.8, 4) is 0 Å². The van der Waals surface area contributed by atoms with Gasteiger partial charge in [-0.25, -0.2) is 4.98 Å². The van der Waals surface area contributed by atoms with Crippen LogP contribution in [-0.4, -0.2) is 34.9 Å². The third-order valence-corrected chi connectivity index (χ3v) is 4.42. The van der Waals surface area contributed by atoms with E-state index in [4.69, 9.17) is 5.73 Å². The molecule has 1 aromatic carbocycles. The number of aromatic nitrogens is 1. The number of nitrogens with two attached hydrogens (primary N) is 1. The smallest absolute Gasteiger partial charge is 0.272 e. The molecule has 2 aromatic rings. The second kappa shape index (κ2) is 5.82. The van der Waals surface area contributed by atoms with Crippen molar-refractivity contribution in [3.63, 3.8) is 0 Å². The Morgan fingerprint density at radius 2 is 2.14 bits per heavy atom. The van der Waals surface area contributed by atoms with E-state index in [2.05, 4.69) is 11.9 Å². The lowest BCUT2D eigenvalue weighted by molar-refractivity contribution is 0.0643. The third-order valence-electron chi connectivity index (χ3n) is 4.42. The summed E-state index contributed by atoms with van der Waals surface area (Å²) in [4.78, 5) is 19.0. The van der Waals surface area contributed by atoms with Gasteiger partial charge >= 0.3 is 0 Å². The molecule has 1 aliphatic rings. The third kappa shape index (κ3) is 2.76. The zero-order chi connectivity index (χ0) is 14.8. The maximum Gasteiger partial charge on any atom is 0.272 e. The second-order valence-corrected chi connectivity index (χ2v) is 5.76. The van der Waals surface area contributed by atoms with Crippen molar-refractivity contribution in [3.05, 3.63) is 42.1 Å². The van der Waals surface area contributed by atoms with Gasteiger partial charge in [-0.2, -0.15) is 0 Å². The number of fused-ring (bicyclic) bond motifs is 1. The number of carbonyl (C=O) groups excluding carboxylic acids is 1. The normalized spacial score (nSPS) is 22.5. The number of para-hydroxylation sites is 1. The van der Waals surface area contributed by atoms with E-state index >= 15 is 0 Å². The summed E-state index contributed by atoms with van der Waals surface area (Å²) in [5.41, 5.74) is 7.50. The molecule has 2 atom stereocenters. The van der Waals surface area contributed by atoms with Crippen LogP contribution in [0.15, 0.2) is 36.4 Å². The van der Waals surface area contributed by atoms with E-state index in [1.807, 2.05) is 41.3 Å². The van der Waals surface area contributed by atoms with Crippen molar-refractivity contribution in [2.45, 2.75) is 25.8 Å². The zero-order valence-corrected chi connectivity index (χ0v) is 12.3. The fourth-order valence-electron chi connectivity index (χ4n) is 3.01. The van der Waals surface area contributed by atoms with Gasteiger partial charge in [-0.15, -0.1) is 0 Å². The van der Waals surface area contributed by atoms with Gasteiger partial charge in [0, 0.05) is 24.5 Å². The average molecular weight is 283 g/mol. The summed E-state index contributed by atoms with van der Waals surface area (Å²) in [6.45, 7) is 3.60. The molecule has 2 heterocycles. The quantitative estimate of drug-likeness (QED) is 0.921. The summed E-state index contributed by atoms with van der Waals surface area (Å²) in [6.07, 6.45) is 1.88. The number of hydrogen-bond acceptors (Lipinski definition) is 3. The van der Waals surface area contributed by atoms with Crippen molar-refractivity contribution in [1.82, 2.24) is 9.88 Å². The fourth-order valence-corrected chi connectivity index (χ4v) is 3.01. The van der Waals surface area contributed by atoms with E-state index in [0.717, 1.165) is 36.8 Å². The van der Waals surface area contributed by atoms with E-state index in [1.54, 1.807) is 0 Å². The van der Waals surface area contributed by atoms with E-state index in [-0.39, 0.29) is 11.9 Å². The van der Waals surface area contributed by atoms with Crippen LogP contribution in [0.3, 0.4) is 0 Å². The monoisotopic (exact) mass is 283 g/mol. The molecule has 21 heavy (non-hydrogen) atoms. The molecule has 3 rings (SSSR count). The Hall–Kier alpha value is -1.94. The SMILES string of the molecule is CCC1CN(C(=O)c2ccc3ccccc3n2)CCC1N. The highest BCUT2D eigenvalue weighted by atomic mass is 16.2. The minimum absolute atomic E-state index is 0.0195. The van der Waals surface area contributed by atoms with Gasteiger partial charge in [-0.05, 0) is 24.5 Å². The number of amides is 1. The summed E-state index contributed by atoms with van der Waals surface area (Å²) in [6, 6.07) is 11.8. The van der Waals surface area contributed by atoms with Crippen molar-refractivity contribution >= 4 is 16.8 Å². The molecule has 1 aliphatic heterocycles. The molecule has 2 N–H and O–H groups in total. The van der Waals surface area contributed by atoms with Gasteiger partial charge in [0.15, 0.2) is 0 Å². The molecule has 0 radical (unpaired) electrons. The van der Waals surface area contributed by atoms with Gasteiger partial charge in [0.2, 0.25) is 0 Å². The second-order valence-electron chi connectivity index (χ2n) is 5.76. The summed E-state index contributed by atoms with van der Waals surface area (Å²) < 4.78 is 0. The summed E-state index contributed by atoms with van der Waals surface area (Å²) in [5.74, 6) is 0.411. The van der Waals surface area contributed by atoms with Gasteiger partial charge in [0.25, 0.3) is 5.91 Å². The molecule has 4 heteroatoms. The Labute approximate surface area is 125 Å². The fraction of sp³-hybridized carbons (Fsp3) is 0.412. The van der Waals surface area contributed by atoms with Crippen LogP contribution in [0.1, 0.15) is 30.3 Å². The standard InChI is InChI=1S/C17H21N3O/c1-2-12-11-20(10-9-14(12)18)17(21)16-8-7-13-5-3-4-6-15(13)19-16/h3-8,12,14H,2,9-11,18H2,1H3. The van der Waals surface area contributed by atoms with Gasteiger partial charge in [0.05, 0.1) is 5.52 Å². The maximum atomic E-state index is 12.6. The number of hydrogen-bond donors (Lipinski definition) is 1. The Kier molecular flexibility index (Phi) is 3.88. The first-order valence-electron chi connectivity index (χ1n) is 7.59. The van der Waals surface area contributed by atoms with Crippen LogP contribution in [-0.2, 0) is 0 Å². The van der Waals surface area contributed by atoms with Crippen LogP contribution in [0, 0.1) is 5.92 Å². The van der Waals surface area contributed by atoms with Crippen molar-refractivity contribution in [1.29, 1.82) is 0 Å². The molecule has 0 spiro atoms. The van der Waals surface area contributed by atoms with Gasteiger partial charge in [0.1, 0.15) is 5.69 Å². The van der Waals surface area contributed by atoms with Crippen LogP contribution in [0.25, 0.3) is 10.9 Å². The van der Waals surface area contributed by atoms with E-state index in [1.165, 1.54) is 0 Å². The predicted octanol–water partition coefficient (Wildman–Crippen LogP) is 2.43. The molecule has 2 unspecified atom stereocenters. The van der Waals surface area contributed by atoms with Crippen molar-refractivity contribution in [2.75, 3.05) is 13.1 Å². The molecule has 1 saturated heterocycles. The number of pyridine rings is 1. The molecular weight excluding hydrogens is 262 g/mol. The van der Waals surface area contributed by atoms with E-state index < -0.39 is 0 Å². The molecule has 1 aromatic heterocycles. The lowest BCUT2D eigenvalue weighted by atomic mass is 9.90. The molecule has 1 amide bonds. The largest absolute Gasteiger partial charge is 0.337 e. The lowest BCUT2D eigenvalue weighted by Crippen LogP contribution is -2.49. The molecule has 0 saturated carbocycles. The number of benzene rings is 1. The van der Waals surface area contributed by atoms with Crippen LogP contribution in [0.5, 0.6) is 0 Å². The van der Waals surface area contributed by atoms with Gasteiger partial charge < -0.3 is 10.6 Å². The first kappa shape index (κ1) is 14.0. The Morgan fingerprint density at radius 1 is 1.33 bits per heavy atom. The average Bonchev–Trinajstić information content (AvgIpc) is 2.54. The number of carbonyl (C=O) groups is 1. The number of nitrogens with zero attached hydrogens (tertiary/aromatic N) is 2. The molecule has 1 fully saturated rings. The highest BCUT2D eigenvalue weighted by Gasteiger charge is 2.29. The molecule has 110 valence electrons. The van der Waals surface area contributed by atoms with E-state index in [9.17, 15) is 4.79 Å². The van der Waals surface area contributed by atoms with E-state index in [0.29, 0.717) is 11.6 Å². The zero-order valence-electron chi connectivity index (χ0n) is 12.3. The molecule has 0 bridgehead atoms. The summed E-state index contributed by atoms with van der Waals surface area (Å²) >= 11 is 0. The van der Waals surface area contributed by atoms with Crippen LogP contribution in [0.2, 0.25) is 0 Å². The Balaban J connectivity index is 1.83. The number of likely N-dealkylation sites (tertiary alicyclic amines) is 1. The van der Waals surface area contributed by atoms with Gasteiger partial charge in [-0.3, -0.25) is 4.79 Å². The molecule has 4 nitrogen and oxygen atoms in total. The maximum absolute atomic E-state index is 12.6. The summed E-state index contributed by atoms with van der Waals surface area (Å²) in [5, 5.41) is 1.06. The molecular formula is C17H21N3O.